The summed E-state index contributed by atoms with van der Waals surface area (Å²) in [5, 5.41) is 44.3. The average Bonchev–Trinajstić information content (AvgIpc) is 2.76. The van der Waals surface area contributed by atoms with Crippen LogP contribution >= 0.6 is 0 Å². The van der Waals surface area contributed by atoms with Gasteiger partial charge < -0.3 is 25.2 Å². The SMILES string of the molecule is COc1cc(C)c(-c2cc(C)cc3cc4c(c(O)c23)C(=O)c2c(O)cc(O)cc2C4(C)C)c(O)c1. The maximum absolute atomic E-state index is 13.7. The van der Waals surface area contributed by atoms with E-state index >= 15 is 0 Å². The Hall–Kier alpha value is -4.19. The number of phenolic OH excluding ortho intramolecular Hbond substituents is 4. The summed E-state index contributed by atoms with van der Waals surface area (Å²) < 4.78 is 5.27. The first-order chi connectivity index (χ1) is 16.4. The molecule has 1 aliphatic rings. The van der Waals surface area contributed by atoms with Crippen LogP contribution in [-0.4, -0.2) is 33.3 Å². The standard InChI is InChI=1S/C29H26O6/c1-13-6-15-9-19-26(28(34)25-20(29(19,3)4)10-16(30)11-21(25)31)27(33)24(15)18(7-13)23-14(2)8-17(35-5)12-22(23)32/h6-12,30-33H,1-5H3. The van der Waals surface area contributed by atoms with Crippen molar-refractivity contribution >= 4 is 16.6 Å². The molecule has 4 N–H and O–H groups in total. The van der Waals surface area contributed by atoms with Crippen LogP contribution in [0, 0.1) is 13.8 Å². The van der Waals surface area contributed by atoms with Crippen molar-refractivity contribution in [3.63, 3.8) is 0 Å². The van der Waals surface area contributed by atoms with Gasteiger partial charge >= 0.3 is 0 Å². The quantitative estimate of drug-likeness (QED) is 0.294. The third kappa shape index (κ3) is 3.13. The highest BCUT2D eigenvalue weighted by Gasteiger charge is 2.41. The van der Waals surface area contributed by atoms with E-state index < -0.39 is 11.2 Å². The van der Waals surface area contributed by atoms with Gasteiger partial charge in [-0.2, -0.15) is 0 Å². The molecular formula is C29H26O6. The molecule has 0 saturated heterocycles. The Morgan fingerprint density at radius 2 is 1.43 bits per heavy atom. The molecule has 35 heavy (non-hydrogen) atoms. The summed E-state index contributed by atoms with van der Waals surface area (Å²) in [4.78, 5) is 13.7. The first-order valence-electron chi connectivity index (χ1n) is 11.3. The van der Waals surface area contributed by atoms with Gasteiger partial charge in [-0.25, -0.2) is 0 Å². The van der Waals surface area contributed by atoms with E-state index in [9.17, 15) is 25.2 Å². The lowest BCUT2D eigenvalue weighted by molar-refractivity contribution is 0.102. The molecule has 4 aromatic carbocycles. The number of aromatic hydroxyl groups is 4. The molecule has 0 amide bonds. The average molecular weight is 471 g/mol. The Kier molecular flexibility index (Phi) is 4.78. The van der Waals surface area contributed by atoms with E-state index in [0.717, 1.165) is 17.2 Å². The van der Waals surface area contributed by atoms with Crippen molar-refractivity contribution in [2.24, 2.45) is 0 Å². The zero-order valence-electron chi connectivity index (χ0n) is 20.1. The van der Waals surface area contributed by atoms with Gasteiger partial charge in [0, 0.05) is 28.5 Å². The van der Waals surface area contributed by atoms with Gasteiger partial charge in [-0.15, -0.1) is 0 Å². The molecule has 1 aliphatic carbocycles. The summed E-state index contributed by atoms with van der Waals surface area (Å²) >= 11 is 0. The van der Waals surface area contributed by atoms with E-state index in [1.165, 1.54) is 19.2 Å². The molecule has 0 unspecified atom stereocenters. The van der Waals surface area contributed by atoms with Crippen LogP contribution in [0.3, 0.4) is 0 Å². The minimum absolute atomic E-state index is 0.00371. The highest BCUT2D eigenvalue weighted by molar-refractivity contribution is 6.20. The van der Waals surface area contributed by atoms with Crippen LogP contribution in [0.4, 0.5) is 0 Å². The van der Waals surface area contributed by atoms with Crippen molar-refractivity contribution in [2.45, 2.75) is 33.1 Å². The van der Waals surface area contributed by atoms with Gasteiger partial charge in [0.2, 0.25) is 5.78 Å². The number of aryl methyl sites for hydroxylation is 2. The van der Waals surface area contributed by atoms with Crippen LogP contribution in [0.25, 0.3) is 21.9 Å². The normalized spacial score (nSPS) is 14.0. The monoisotopic (exact) mass is 470 g/mol. The number of ketones is 1. The van der Waals surface area contributed by atoms with E-state index in [0.29, 0.717) is 38.8 Å². The molecule has 178 valence electrons. The third-order valence-electron chi connectivity index (χ3n) is 7.05. The number of carbonyl (C=O) groups is 1. The fraction of sp³-hybridized carbons (Fsp3) is 0.207. The van der Waals surface area contributed by atoms with Gasteiger partial charge in [0.15, 0.2) is 0 Å². The summed E-state index contributed by atoms with van der Waals surface area (Å²) in [5.41, 5.74) is 3.24. The number of benzene rings is 4. The van der Waals surface area contributed by atoms with Crippen LogP contribution in [0.1, 0.15) is 52.0 Å². The Balaban J connectivity index is 1.90. The highest BCUT2D eigenvalue weighted by atomic mass is 16.5. The topological polar surface area (TPSA) is 107 Å². The number of hydrogen-bond donors (Lipinski definition) is 4. The molecule has 4 aromatic rings. The Morgan fingerprint density at radius 1 is 0.771 bits per heavy atom. The van der Waals surface area contributed by atoms with Crippen LogP contribution in [0.2, 0.25) is 0 Å². The van der Waals surface area contributed by atoms with Gasteiger partial charge in [0.1, 0.15) is 28.7 Å². The van der Waals surface area contributed by atoms with E-state index in [4.69, 9.17) is 4.74 Å². The van der Waals surface area contributed by atoms with Crippen molar-refractivity contribution in [1.29, 1.82) is 0 Å². The van der Waals surface area contributed by atoms with Crippen LogP contribution < -0.4 is 4.74 Å². The first kappa shape index (κ1) is 22.6. The number of phenols is 4. The summed E-state index contributed by atoms with van der Waals surface area (Å²) in [7, 11) is 1.52. The fourth-order valence-corrected chi connectivity index (χ4v) is 5.41. The Labute approximate surface area is 202 Å². The molecule has 0 bridgehead atoms. The van der Waals surface area contributed by atoms with Crippen molar-refractivity contribution in [2.75, 3.05) is 7.11 Å². The second kappa shape index (κ2) is 7.40. The van der Waals surface area contributed by atoms with Crippen molar-refractivity contribution in [3.05, 3.63) is 75.8 Å². The van der Waals surface area contributed by atoms with Gasteiger partial charge in [-0.1, -0.05) is 26.0 Å². The molecule has 0 aromatic heterocycles. The highest BCUT2D eigenvalue weighted by Crippen LogP contribution is 2.52. The van der Waals surface area contributed by atoms with Crippen LogP contribution in [-0.2, 0) is 5.41 Å². The molecule has 0 aliphatic heterocycles. The number of methoxy groups -OCH3 is 1. The zero-order valence-corrected chi connectivity index (χ0v) is 20.1. The van der Waals surface area contributed by atoms with E-state index in [1.807, 2.05) is 45.9 Å². The van der Waals surface area contributed by atoms with Crippen LogP contribution in [0.15, 0.2) is 42.5 Å². The molecule has 0 saturated carbocycles. The third-order valence-corrected chi connectivity index (χ3v) is 7.05. The second-order valence-electron chi connectivity index (χ2n) is 9.74. The van der Waals surface area contributed by atoms with Crippen molar-refractivity contribution in [3.8, 4) is 39.9 Å². The predicted molar refractivity (Wildman–Crippen MR) is 134 cm³/mol. The second-order valence-corrected chi connectivity index (χ2v) is 9.74. The molecule has 0 radical (unpaired) electrons. The first-order valence-corrected chi connectivity index (χ1v) is 11.3. The van der Waals surface area contributed by atoms with Crippen molar-refractivity contribution < 1.29 is 30.0 Å². The van der Waals surface area contributed by atoms with Gasteiger partial charge in [-0.3, -0.25) is 4.79 Å². The van der Waals surface area contributed by atoms with Gasteiger partial charge in [-0.05, 0) is 65.3 Å². The van der Waals surface area contributed by atoms with Crippen LogP contribution in [0.5, 0.6) is 28.7 Å². The molecule has 0 fully saturated rings. The van der Waals surface area contributed by atoms with Gasteiger partial charge in [0.05, 0.1) is 18.2 Å². The largest absolute Gasteiger partial charge is 0.508 e. The lowest BCUT2D eigenvalue weighted by atomic mass is 9.67. The molecular weight excluding hydrogens is 444 g/mol. The van der Waals surface area contributed by atoms with Gasteiger partial charge in [0.25, 0.3) is 0 Å². The summed E-state index contributed by atoms with van der Waals surface area (Å²) in [5.74, 6) is -0.701. The molecule has 6 heteroatoms. The molecule has 0 spiro atoms. The predicted octanol–water partition coefficient (Wildman–Crippen LogP) is 5.82. The number of carbonyl (C=O) groups excluding carboxylic acids is 1. The Bertz CT molecular complexity index is 1560. The maximum atomic E-state index is 13.7. The lowest BCUT2D eigenvalue weighted by Crippen LogP contribution is -2.30. The lowest BCUT2D eigenvalue weighted by Gasteiger charge is -2.35. The number of rotatable bonds is 2. The minimum Gasteiger partial charge on any atom is -0.508 e. The van der Waals surface area contributed by atoms with E-state index in [2.05, 4.69) is 0 Å². The molecule has 5 rings (SSSR count). The number of hydrogen-bond acceptors (Lipinski definition) is 6. The fourth-order valence-electron chi connectivity index (χ4n) is 5.41. The summed E-state index contributed by atoms with van der Waals surface area (Å²) in [6, 6.07) is 11.6. The molecule has 6 nitrogen and oxygen atoms in total. The maximum Gasteiger partial charge on any atom is 0.201 e. The summed E-state index contributed by atoms with van der Waals surface area (Å²) in [6.07, 6.45) is 0. The number of fused-ring (bicyclic) bond motifs is 3. The zero-order chi connectivity index (χ0) is 25.4. The Morgan fingerprint density at radius 3 is 2.09 bits per heavy atom. The summed E-state index contributed by atoms with van der Waals surface area (Å²) in [6.45, 7) is 7.54. The number of ether oxygens (including phenoxy) is 1. The molecule has 0 heterocycles. The van der Waals surface area contributed by atoms with Crippen molar-refractivity contribution in [1.82, 2.24) is 0 Å². The van der Waals surface area contributed by atoms with E-state index in [1.54, 1.807) is 6.07 Å². The molecule has 0 atom stereocenters. The van der Waals surface area contributed by atoms with E-state index in [-0.39, 0.29) is 34.1 Å². The smallest absolute Gasteiger partial charge is 0.201 e. The minimum atomic E-state index is -0.789.